The molecular weight excluding hydrogens is 222 g/mol. The van der Waals surface area contributed by atoms with Gasteiger partial charge in [-0.1, -0.05) is 12.1 Å². The Morgan fingerprint density at radius 3 is 2.82 bits per heavy atom. The molecule has 1 heterocycles. The van der Waals surface area contributed by atoms with Crippen molar-refractivity contribution in [3.8, 4) is 5.95 Å². The quantitative estimate of drug-likeness (QED) is 0.793. The standard InChI is InChI=1S/C11H19N3O3/c1-5-14(3)7-6-12-10(15)9-8(2)11(16-4)17-13-9/h5-7H2,1-4H3,(H,12,15). The first-order valence-electron chi connectivity index (χ1n) is 5.57. The smallest absolute Gasteiger partial charge is 0.314 e. The molecule has 6 heteroatoms. The molecule has 1 amide bonds. The summed E-state index contributed by atoms with van der Waals surface area (Å²) in [5.74, 6) is 0.0416. The molecule has 1 aromatic rings. The van der Waals surface area contributed by atoms with Gasteiger partial charge in [-0.3, -0.25) is 4.79 Å². The van der Waals surface area contributed by atoms with Gasteiger partial charge in [0.2, 0.25) is 0 Å². The fourth-order valence-corrected chi connectivity index (χ4v) is 1.32. The predicted octanol–water partition coefficient (Wildman–Crippen LogP) is 0.673. The van der Waals surface area contributed by atoms with Crippen LogP contribution in [0, 0.1) is 6.92 Å². The molecule has 0 bridgehead atoms. The van der Waals surface area contributed by atoms with Crippen LogP contribution in [0.1, 0.15) is 23.0 Å². The number of rotatable bonds is 6. The highest BCUT2D eigenvalue weighted by Gasteiger charge is 2.18. The first-order valence-corrected chi connectivity index (χ1v) is 5.57. The fraction of sp³-hybridized carbons (Fsp3) is 0.636. The van der Waals surface area contributed by atoms with Crippen LogP contribution in [0.4, 0.5) is 0 Å². The molecule has 1 rings (SSSR count). The lowest BCUT2D eigenvalue weighted by Crippen LogP contribution is -2.33. The van der Waals surface area contributed by atoms with E-state index in [1.54, 1.807) is 6.92 Å². The van der Waals surface area contributed by atoms with Crippen LogP contribution in [0.15, 0.2) is 4.52 Å². The van der Waals surface area contributed by atoms with Crippen molar-refractivity contribution in [2.24, 2.45) is 0 Å². The molecule has 17 heavy (non-hydrogen) atoms. The first kappa shape index (κ1) is 13.5. The SMILES string of the molecule is CCN(C)CCNC(=O)c1noc(OC)c1C. The van der Waals surface area contributed by atoms with Crippen LogP contribution < -0.4 is 10.1 Å². The Morgan fingerprint density at radius 2 is 2.29 bits per heavy atom. The van der Waals surface area contributed by atoms with Crippen molar-refractivity contribution in [2.45, 2.75) is 13.8 Å². The van der Waals surface area contributed by atoms with E-state index >= 15 is 0 Å². The van der Waals surface area contributed by atoms with Crippen LogP contribution in [0.3, 0.4) is 0 Å². The second kappa shape index (κ2) is 6.24. The van der Waals surface area contributed by atoms with Gasteiger partial charge in [0.05, 0.1) is 12.7 Å². The topological polar surface area (TPSA) is 67.6 Å². The van der Waals surface area contributed by atoms with Gasteiger partial charge in [-0.05, 0) is 20.5 Å². The van der Waals surface area contributed by atoms with Gasteiger partial charge in [-0.15, -0.1) is 0 Å². The number of aromatic nitrogens is 1. The predicted molar refractivity (Wildman–Crippen MR) is 63.3 cm³/mol. The van der Waals surface area contributed by atoms with Crippen molar-refractivity contribution < 1.29 is 14.1 Å². The van der Waals surface area contributed by atoms with Crippen LogP contribution >= 0.6 is 0 Å². The van der Waals surface area contributed by atoms with Gasteiger partial charge in [0, 0.05) is 13.1 Å². The number of carbonyl (C=O) groups is 1. The number of hydrogen-bond acceptors (Lipinski definition) is 5. The number of nitrogens with zero attached hydrogens (tertiary/aromatic N) is 2. The molecule has 1 N–H and O–H groups in total. The van der Waals surface area contributed by atoms with Crippen molar-refractivity contribution >= 4 is 5.91 Å². The highest BCUT2D eigenvalue weighted by Crippen LogP contribution is 2.19. The number of hydrogen-bond donors (Lipinski definition) is 1. The summed E-state index contributed by atoms with van der Waals surface area (Å²) in [5.41, 5.74) is 0.898. The van der Waals surface area contributed by atoms with Gasteiger partial charge in [-0.25, -0.2) is 0 Å². The van der Waals surface area contributed by atoms with Gasteiger partial charge >= 0.3 is 5.95 Å². The second-order valence-corrected chi connectivity index (χ2v) is 3.80. The summed E-state index contributed by atoms with van der Waals surface area (Å²) >= 11 is 0. The molecule has 0 atom stereocenters. The normalized spacial score (nSPS) is 10.6. The number of amides is 1. The van der Waals surface area contributed by atoms with Crippen LogP contribution in [0.5, 0.6) is 5.95 Å². The monoisotopic (exact) mass is 241 g/mol. The summed E-state index contributed by atoms with van der Waals surface area (Å²) in [6.07, 6.45) is 0. The Balaban J connectivity index is 2.50. The van der Waals surface area contributed by atoms with E-state index in [-0.39, 0.29) is 17.5 Å². The Bertz CT molecular complexity index is 376. The minimum Gasteiger partial charge on any atom is -0.467 e. The third-order valence-corrected chi connectivity index (χ3v) is 2.60. The summed E-state index contributed by atoms with van der Waals surface area (Å²) in [6.45, 7) is 6.14. The molecular formula is C11H19N3O3. The van der Waals surface area contributed by atoms with Crippen LogP contribution in [-0.4, -0.2) is 49.8 Å². The van der Waals surface area contributed by atoms with E-state index in [0.717, 1.165) is 13.1 Å². The maximum atomic E-state index is 11.8. The van der Waals surface area contributed by atoms with E-state index in [9.17, 15) is 4.79 Å². The lowest BCUT2D eigenvalue weighted by atomic mass is 10.2. The molecule has 0 aliphatic rings. The van der Waals surface area contributed by atoms with E-state index in [0.29, 0.717) is 12.1 Å². The molecule has 96 valence electrons. The maximum absolute atomic E-state index is 11.8. The van der Waals surface area contributed by atoms with Crippen molar-refractivity contribution in [3.05, 3.63) is 11.3 Å². The molecule has 0 aliphatic carbocycles. The maximum Gasteiger partial charge on any atom is 0.314 e. The van der Waals surface area contributed by atoms with E-state index in [1.165, 1.54) is 7.11 Å². The average molecular weight is 241 g/mol. The molecule has 0 unspecified atom stereocenters. The lowest BCUT2D eigenvalue weighted by Gasteiger charge is -2.13. The summed E-state index contributed by atoms with van der Waals surface area (Å²) < 4.78 is 9.79. The van der Waals surface area contributed by atoms with Gasteiger partial charge < -0.3 is 19.5 Å². The second-order valence-electron chi connectivity index (χ2n) is 3.80. The van der Waals surface area contributed by atoms with E-state index in [1.807, 2.05) is 7.05 Å². The van der Waals surface area contributed by atoms with Crippen molar-refractivity contribution in [1.29, 1.82) is 0 Å². The summed E-state index contributed by atoms with van der Waals surface area (Å²) in [6, 6.07) is 0. The third-order valence-electron chi connectivity index (χ3n) is 2.60. The van der Waals surface area contributed by atoms with Crippen LogP contribution in [0.2, 0.25) is 0 Å². The van der Waals surface area contributed by atoms with E-state index in [2.05, 4.69) is 22.3 Å². The minimum absolute atomic E-state index is 0.237. The summed E-state index contributed by atoms with van der Waals surface area (Å²) in [5, 5.41) is 6.46. The van der Waals surface area contributed by atoms with Crippen LogP contribution in [-0.2, 0) is 0 Å². The van der Waals surface area contributed by atoms with E-state index < -0.39 is 0 Å². The number of likely N-dealkylation sites (N-methyl/N-ethyl adjacent to an activating group) is 1. The number of ether oxygens (including phenoxy) is 1. The van der Waals surface area contributed by atoms with Crippen molar-refractivity contribution in [2.75, 3.05) is 33.8 Å². The zero-order valence-corrected chi connectivity index (χ0v) is 10.7. The van der Waals surface area contributed by atoms with Crippen molar-refractivity contribution in [1.82, 2.24) is 15.4 Å². The Kier molecular flexibility index (Phi) is 4.96. The van der Waals surface area contributed by atoms with Crippen molar-refractivity contribution in [3.63, 3.8) is 0 Å². The largest absolute Gasteiger partial charge is 0.467 e. The van der Waals surface area contributed by atoms with E-state index in [4.69, 9.17) is 9.26 Å². The highest BCUT2D eigenvalue weighted by atomic mass is 16.6. The Hall–Kier alpha value is -1.56. The van der Waals surface area contributed by atoms with Gasteiger partial charge in [0.1, 0.15) is 0 Å². The average Bonchev–Trinajstić information content (AvgIpc) is 2.70. The number of nitrogens with one attached hydrogen (secondary N) is 1. The molecule has 6 nitrogen and oxygen atoms in total. The highest BCUT2D eigenvalue weighted by molar-refractivity contribution is 5.93. The summed E-state index contributed by atoms with van der Waals surface area (Å²) in [4.78, 5) is 13.9. The Labute approximate surface area is 101 Å². The fourth-order valence-electron chi connectivity index (χ4n) is 1.32. The van der Waals surface area contributed by atoms with Gasteiger partial charge in [0.15, 0.2) is 5.69 Å². The van der Waals surface area contributed by atoms with Gasteiger partial charge in [-0.2, -0.15) is 0 Å². The third kappa shape index (κ3) is 3.45. The molecule has 0 fully saturated rings. The molecule has 1 aromatic heterocycles. The lowest BCUT2D eigenvalue weighted by molar-refractivity contribution is 0.0940. The zero-order chi connectivity index (χ0) is 12.8. The first-order chi connectivity index (χ1) is 8.10. The Morgan fingerprint density at radius 1 is 1.59 bits per heavy atom. The zero-order valence-electron chi connectivity index (χ0n) is 10.7. The molecule has 0 radical (unpaired) electrons. The number of carbonyl (C=O) groups excluding carboxylic acids is 1. The number of methoxy groups -OCH3 is 1. The van der Waals surface area contributed by atoms with Crippen LogP contribution in [0.25, 0.3) is 0 Å². The molecule has 0 saturated carbocycles. The van der Waals surface area contributed by atoms with Gasteiger partial charge in [0.25, 0.3) is 5.91 Å². The molecule has 0 spiro atoms. The summed E-state index contributed by atoms with van der Waals surface area (Å²) in [7, 11) is 3.47. The molecule has 0 aromatic carbocycles. The molecule has 0 aliphatic heterocycles. The minimum atomic E-state index is -0.237. The molecule has 0 saturated heterocycles.